The highest BCUT2D eigenvalue weighted by Gasteiger charge is 2.27. The molecule has 0 saturated carbocycles. The molecule has 8 heteroatoms. The molecule has 34 heavy (non-hydrogen) atoms. The van der Waals surface area contributed by atoms with Crippen molar-refractivity contribution in [3.05, 3.63) is 68.9 Å². The normalized spacial score (nSPS) is 18.2. The number of hydrogen-bond donors (Lipinski definition) is 0. The molecule has 3 aromatic rings. The first-order valence-corrected chi connectivity index (χ1v) is 11.5. The summed E-state index contributed by atoms with van der Waals surface area (Å²) in [6, 6.07) is 12.5. The van der Waals surface area contributed by atoms with E-state index >= 15 is 0 Å². The average molecular weight is 466 g/mol. The van der Waals surface area contributed by atoms with Gasteiger partial charge in [-0.2, -0.15) is 0 Å². The van der Waals surface area contributed by atoms with Crippen molar-refractivity contribution >= 4 is 16.8 Å². The number of aromatic nitrogens is 2. The van der Waals surface area contributed by atoms with Gasteiger partial charge in [0.05, 0.1) is 31.7 Å². The predicted molar refractivity (Wildman–Crippen MR) is 131 cm³/mol. The Bertz CT molecular complexity index is 1300. The van der Waals surface area contributed by atoms with Gasteiger partial charge in [0.25, 0.3) is 5.56 Å². The molecule has 8 nitrogen and oxygen atoms in total. The molecule has 0 aliphatic carbocycles. The molecule has 0 radical (unpaired) electrons. The zero-order valence-corrected chi connectivity index (χ0v) is 20.1. The van der Waals surface area contributed by atoms with Crippen molar-refractivity contribution in [3.63, 3.8) is 0 Å². The maximum absolute atomic E-state index is 13.6. The van der Waals surface area contributed by atoms with Gasteiger partial charge in [-0.25, -0.2) is 4.79 Å². The lowest BCUT2D eigenvalue weighted by Crippen LogP contribution is -2.47. The summed E-state index contributed by atoms with van der Waals surface area (Å²) in [5.41, 5.74) is 0.204. The number of rotatable bonds is 6. The highest BCUT2D eigenvalue weighted by atomic mass is 16.5. The second kappa shape index (κ2) is 9.75. The maximum atomic E-state index is 13.6. The lowest BCUT2D eigenvalue weighted by molar-refractivity contribution is -0.134. The number of amides is 1. The van der Waals surface area contributed by atoms with Crippen LogP contribution in [-0.2, 0) is 17.9 Å². The van der Waals surface area contributed by atoms with Crippen molar-refractivity contribution in [2.24, 2.45) is 11.8 Å². The molecular weight excluding hydrogens is 434 g/mol. The number of fused-ring (bicyclic) bond motifs is 1. The summed E-state index contributed by atoms with van der Waals surface area (Å²) in [5.74, 6) is 1.43. The van der Waals surface area contributed by atoms with E-state index in [1.54, 1.807) is 12.1 Å². The fourth-order valence-electron chi connectivity index (χ4n) is 4.90. The van der Waals surface area contributed by atoms with Gasteiger partial charge in [-0.1, -0.05) is 44.2 Å². The third-order valence-corrected chi connectivity index (χ3v) is 6.43. The number of carbonyl (C=O) groups excluding carboxylic acids is 1. The van der Waals surface area contributed by atoms with Gasteiger partial charge < -0.3 is 14.4 Å². The SMILES string of the molecule is COc1cc2c(=O)n(Cc3ccccc3)c(=O)n(CC(=O)N3C[C@@H](C)C[C@H](C)C3)c2cc1OC. The molecule has 2 heterocycles. The van der Waals surface area contributed by atoms with Gasteiger partial charge in [-0.15, -0.1) is 0 Å². The van der Waals surface area contributed by atoms with E-state index in [2.05, 4.69) is 13.8 Å². The molecule has 0 bridgehead atoms. The van der Waals surface area contributed by atoms with Crippen molar-refractivity contribution < 1.29 is 14.3 Å². The summed E-state index contributed by atoms with van der Waals surface area (Å²) < 4.78 is 13.4. The zero-order valence-electron chi connectivity index (χ0n) is 20.1. The molecular formula is C26H31N3O5. The lowest BCUT2D eigenvalue weighted by Gasteiger charge is -2.35. The number of nitrogens with zero attached hydrogens (tertiary/aromatic N) is 3. The molecule has 4 rings (SSSR count). The third-order valence-electron chi connectivity index (χ3n) is 6.43. The number of hydrogen-bond acceptors (Lipinski definition) is 5. The third kappa shape index (κ3) is 4.58. The van der Waals surface area contributed by atoms with Crippen molar-refractivity contribution in [2.75, 3.05) is 27.3 Å². The summed E-state index contributed by atoms with van der Waals surface area (Å²) in [6.45, 7) is 5.55. The largest absolute Gasteiger partial charge is 0.493 e. The smallest absolute Gasteiger partial charge is 0.332 e. The first-order chi connectivity index (χ1) is 16.3. The first kappa shape index (κ1) is 23.6. The molecule has 2 aromatic carbocycles. The van der Waals surface area contributed by atoms with Crippen LogP contribution in [-0.4, -0.2) is 47.3 Å². The summed E-state index contributed by atoms with van der Waals surface area (Å²) in [4.78, 5) is 42.1. The van der Waals surface area contributed by atoms with Crippen molar-refractivity contribution in [2.45, 2.75) is 33.4 Å². The van der Waals surface area contributed by atoms with E-state index < -0.39 is 11.2 Å². The van der Waals surface area contributed by atoms with Crippen LogP contribution in [0.25, 0.3) is 10.9 Å². The molecule has 1 amide bonds. The lowest BCUT2D eigenvalue weighted by atomic mass is 9.92. The van der Waals surface area contributed by atoms with Gasteiger partial charge in [-0.3, -0.25) is 18.7 Å². The van der Waals surface area contributed by atoms with Crippen LogP contribution < -0.4 is 20.7 Å². The standard InChI is InChI=1S/C26H31N3O5/c1-17-10-18(2)14-27(13-17)24(30)16-28-21-12-23(34-4)22(33-3)11-20(21)25(31)29(26(28)32)15-19-8-6-5-7-9-19/h5-9,11-12,17-18H,10,13-16H2,1-4H3/t17-,18-/m0/s1. The van der Waals surface area contributed by atoms with Crippen LogP contribution >= 0.6 is 0 Å². The molecule has 180 valence electrons. The summed E-state index contributed by atoms with van der Waals surface area (Å²) in [7, 11) is 2.98. The molecule has 1 aliphatic heterocycles. The van der Waals surface area contributed by atoms with E-state index in [1.807, 2.05) is 35.2 Å². The van der Waals surface area contributed by atoms with Crippen molar-refractivity contribution in [1.29, 1.82) is 0 Å². The summed E-state index contributed by atoms with van der Waals surface area (Å²) in [6.07, 6.45) is 1.08. The second-order valence-corrected chi connectivity index (χ2v) is 9.21. The highest BCUT2D eigenvalue weighted by molar-refractivity contribution is 5.84. The van der Waals surface area contributed by atoms with Crippen LogP contribution in [0.2, 0.25) is 0 Å². The first-order valence-electron chi connectivity index (χ1n) is 11.5. The molecule has 2 atom stereocenters. The number of carbonyl (C=O) groups is 1. The summed E-state index contributed by atoms with van der Waals surface area (Å²) in [5, 5.41) is 0.293. The fourth-order valence-corrected chi connectivity index (χ4v) is 4.90. The quantitative estimate of drug-likeness (QED) is 0.559. The monoisotopic (exact) mass is 465 g/mol. The minimum absolute atomic E-state index is 0.106. The Balaban J connectivity index is 1.86. The Kier molecular flexibility index (Phi) is 6.77. The van der Waals surface area contributed by atoms with E-state index in [9.17, 15) is 14.4 Å². The van der Waals surface area contributed by atoms with E-state index in [0.717, 1.165) is 12.0 Å². The van der Waals surface area contributed by atoms with E-state index in [1.165, 1.54) is 23.4 Å². The van der Waals surface area contributed by atoms with Crippen molar-refractivity contribution in [3.8, 4) is 11.5 Å². The second-order valence-electron chi connectivity index (χ2n) is 9.21. The van der Waals surface area contributed by atoms with E-state index in [0.29, 0.717) is 47.3 Å². The van der Waals surface area contributed by atoms with E-state index in [4.69, 9.17) is 9.47 Å². The summed E-state index contributed by atoms with van der Waals surface area (Å²) >= 11 is 0. The molecule has 0 unspecified atom stereocenters. The van der Waals surface area contributed by atoms with Crippen molar-refractivity contribution in [1.82, 2.24) is 14.0 Å². The van der Waals surface area contributed by atoms with Gasteiger partial charge in [0, 0.05) is 19.2 Å². The minimum atomic E-state index is -0.528. The molecule has 1 aliphatic rings. The Labute approximate surface area is 198 Å². The van der Waals surface area contributed by atoms with Crippen LogP contribution in [0.3, 0.4) is 0 Å². The van der Waals surface area contributed by atoms with Crippen LogP contribution in [0.5, 0.6) is 11.5 Å². The van der Waals surface area contributed by atoms with Crippen LogP contribution in [0.1, 0.15) is 25.8 Å². The molecule has 1 aromatic heterocycles. The zero-order chi connectivity index (χ0) is 24.4. The van der Waals surface area contributed by atoms with Gasteiger partial charge in [-0.05, 0) is 29.9 Å². The van der Waals surface area contributed by atoms with Gasteiger partial charge in [0.1, 0.15) is 6.54 Å². The number of methoxy groups -OCH3 is 2. The fraction of sp³-hybridized carbons (Fsp3) is 0.423. The predicted octanol–water partition coefficient (Wildman–Crippen LogP) is 2.73. The number of piperidine rings is 1. The van der Waals surface area contributed by atoms with Gasteiger partial charge in [0.2, 0.25) is 5.91 Å². The maximum Gasteiger partial charge on any atom is 0.332 e. The Morgan fingerprint density at radius 1 is 0.941 bits per heavy atom. The Morgan fingerprint density at radius 2 is 1.56 bits per heavy atom. The molecule has 1 saturated heterocycles. The minimum Gasteiger partial charge on any atom is -0.493 e. The van der Waals surface area contributed by atoms with Gasteiger partial charge in [0.15, 0.2) is 11.5 Å². The van der Waals surface area contributed by atoms with E-state index in [-0.39, 0.29) is 19.0 Å². The molecule has 0 spiro atoms. The number of benzene rings is 2. The highest BCUT2D eigenvalue weighted by Crippen LogP contribution is 2.30. The Morgan fingerprint density at radius 3 is 2.18 bits per heavy atom. The van der Waals surface area contributed by atoms with Crippen LogP contribution in [0.15, 0.2) is 52.1 Å². The Hall–Kier alpha value is -3.55. The number of ether oxygens (including phenoxy) is 2. The molecule has 0 N–H and O–H groups in total. The topological polar surface area (TPSA) is 82.8 Å². The van der Waals surface area contributed by atoms with Crippen LogP contribution in [0, 0.1) is 11.8 Å². The molecule has 1 fully saturated rings. The van der Waals surface area contributed by atoms with Gasteiger partial charge >= 0.3 is 5.69 Å². The average Bonchev–Trinajstić information content (AvgIpc) is 2.83. The van der Waals surface area contributed by atoms with Crippen LogP contribution in [0.4, 0.5) is 0 Å². The number of likely N-dealkylation sites (tertiary alicyclic amines) is 1.